The lowest BCUT2D eigenvalue weighted by molar-refractivity contribution is -0.135. The molecule has 12 nitrogen and oxygen atoms in total. The Morgan fingerprint density at radius 1 is 1.05 bits per heavy atom. The molecule has 226 valence electrons. The molecule has 0 radical (unpaired) electrons. The highest BCUT2D eigenvalue weighted by atomic mass is 19.1. The van der Waals surface area contributed by atoms with Crippen LogP contribution in [0.2, 0.25) is 0 Å². The maximum Gasteiger partial charge on any atom is 0.408 e. The minimum absolute atomic E-state index is 0.140. The van der Waals surface area contributed by atoms with Gasteiger partial charge in [0.05, 0.1) is 19.0 Å². The Morgan fingerprint density at radius 2 is 1.82 bits per heavy atom. The number of fused-ring (bicyclic) bond motifs is 1. The number of hydrogen-bond acceptors (Lipinski definition) is 7. The number of ether oxygens (including phenoxy) is 1. The van der Waals surface area contributed by atoms with Crippen LogP contribution in [0.5, 0.6) is 5.75 Å². The monoisotopic (exact) mass is 599 g/mol. The van der Waals surface area contributed by atoms with E-state index in [2.05, 4.69) is 15.3 Å². The number of nitrogens with zero attached hydrogens (tertiary/aromatic N) is 6. The summed E-state index contributed by atoms with van der Waals surface area (Å²) in [6.45, 7) is 3.39. The standard InChI is InChI=1S/C31H30FN7O5/c1-19-16-21(35-27-28-34-18-25(38(28)11-9-33-27)20-5-8-26(44-2)23(32)17-20)6-7-22(19)29(40)36-12-14-37(15-13-36)30(41)24-4-3-10-39(24)31(42)43/h3-9,11,16-18,24H,10,12-15H2,1-2H3,(H,33,35)(H,42,43)/t24-/m0/s1. The van der Waals surface area contributed by atoms with Crippen molar-refractivity contribution in [3.63, 3.8) is 0 Å². The van der Waals surface area contributed by atoms with Gasteiger partial charge in [0.1, 0.15) is 6.04 Å². The molecule has 2 aromatic heterocycles. The second kappa shape index (κ2) is 11.7. The molecule has 3 amide bonds. The Balaban J connectivity index is 1.13. The summed E-state index contributed by atoms with van der Waals surface area (Å²) in [5.74, 6) is -0.234. The van der Waals surface area contributed by atoms with Crippen molar-refractivity contribution in [2.45, 2.75) is 13.0 Å². The van der Waals surface area contributed by atoms with Crippen molar-refractivity contribution in [1.29, 1.82) is 0 Å². The van der Waals surface area contributed by atoms with Crippen molar-refractivity contribution >= 4 is 35.1 Å². The number of carboxylic acid groups (broad SMARTS) is 1. The average molecular weight is 600 g/mol. The van der Waals surface area contributed by atoms with Crippen molar-refractivity contribution in [2.75, 3.05) is 45.2 Å². The van der Waals surface area contributed by atoms with Gasteiger partial charge in [0.15, 0.2) is 23.0 Å². The first kappa shape index (κ1) is 28.6. The number of aryl methyl sites for hydroxylation is 1. The number of imidazole rings is 1. The summed E-state index contributed by atoms with van der Waals surface area (Å²) >= 11 is 0. The molecule has 2 N–H and O–H groups in total. The van der Waals surface area contributed by atoms with Crippen LogP contribution in [0.1, 0.15) is 15.9 Å². The maximum atomic E-state index is 14.4. The summed E-state index contributed by atoms with van der Waals surface area (Å²) in [6.07, 6.45) is 7.16. The third kappa shape index (κ3) is 5.27. The number of methoxy groups -OCH3 is 1. The van der Waals surface area contributed by atoms with Gasteiger partial charge in [0, 0.05) is 61.9 Å². The van der Waals surface area contributed by atoms with Gasteiger partial charge in [-0.3, -0.25) is 18.9 Å². The zero-order valence-electron chi connectivity index (χ0n) is 24.1. The minimum atomic E-state index is -1.14. The molecule has 2 aromatic carbocycles. The fraction of sp³-hybridized carbons (Fsp3) is 0.258. The second-order valence-electron chi connectivity index (χ2n) is 10.5. The van der Waals surface area contributed by atoms with Gasteiger partial charge in [0.2, 0.25) is 5.91 Å². The SMILES string of the molecule is COc1ccc(-c2cnc3c(Nc4ccc(C(=O)N5CCN(C(=O)[C@@H]6C=CCN6C(=O)O)CC5)c(C)c4)nccn23)cc1F. The molecule has 2 aliphatic heterocycles. The quantitative estimate of drug-likeness (QED) is 0.320. The van der Waals surface area contributed by atoms with Crippen molar-refractivity contribution in [2.24, 2.45) is 0 Å². The first-order valence-corrected chi connectivity index (χ1v) is 14.0. The van der Waals surface area contributed by atoms with E-state index >= 15 is 0 Å². The number of benzene rings is 2. The summed E-state index contributed by atoms with van der Waals surface area (Å²) in [6, 6.07) is 9.30. The lowest BCUT2D eigenvalue weighted by Crippen LogP contribution is -2.55. The normalized spacial score (nSPS) is 16.4. The molecule has 6 rings (SSSR count). The summed E-state index contributed by atoms with van der Waals surface area (Å²) in [7, 11) is 1.42. The number of anilines is 2. The van der Waals surface area contributed by atoms with E-state index in [1.54, 1.807) is 64.8 Å². The topological polar surface area (TPSA) is 133 Å². The van der Waals surface area contributed by atoms with Crippen LogP contribution in [0.4, 0.5) is 20.7 Å². The summed E-state index contributed by atoms with van der Waals surface area (Å²) in [4.78, 5) is 51.1. The number of nitrogens with one attached hydrogen (secondary N) is 1. The van der Waals surface area contributed by atoms with E-state index in [1.165, 1.54) is 13.2 Å². The largest absolute Gasteiger partial charge is 0.494 e. The Bertz CT molecular complexity index is 1800. The number of rotatable bonds is 6. The molecule has 0 aliphatic carbocycles. The lowest BCUT2D eigenvalue weighted by atomic mass is 10.1. The molecule has 44 heavy (non-hydrogen) atoms. The third-order valence-corrected chi connectivity index (χ3v) is 7.93. The molecule has 0 unspecified atom stereocenters. The molecule has 4 aromatic rings. The fourth-order valence-electron chi connectivity index (χ4n) is 5.59. The molecule has 2 aliphatic rings. The number of halogens is 1. The molecule has 0 spiro atoms. The Morgan fingerprint density at radius 3 is 2.52 bits per heavy atom. The summed E-state index contributed by atoms with van der Waals surface area (Å²) in [5, 5.41) is 12.6. The summed E-state index contributed by atoms with van der Waals surface area (Å²) in [5.41, 5.74) is 3.88. The van der Waals surface area contributed by atoms with E-state index in [4.69, 9.17) is 4.74 Å². The van der Waals surface area contributed by atoms with Gasteiger partial charge in [-0.1, -0.05) is 12.2 Å². The van der Waals surface area contributed by atoms with E-state index in [-0.39, 0.29) is 24.1 Å². The third-order valence-electron chi connectivity index (χ3n) is 7.93. The van der Waals surface area contributed by atoms with Gasteiger partial charge in [-0.15, -0.1) is 0 Å². The van der Waals surface area contributed by atoms with Crippen molar-refractivity contribution in [1.82, 2.24) is 29.1 Å². The van der Waals surface area contributed by atoms with Crippen LogP contribution in [0.3, 0.4) is 0 Å². The number of carbonyl (C=O) groups is 3. The van der Waals surface area contributed by atoms with Crippen LogP contribution in [-0.4, -0.2) is 98.0 Å². The molecular formula is C31H30FN7O5. The van der Waals surface area contributed by atoms with Crippen LogP contribution < -0.4 is 10.1 Å². The average Bonchev–Trinajstić information content (AvgIpc) is 3.69. The van der Waals surface area contributed by atoms with E-state index in [1.807, 2.05) is 17.4 Å². The van der Waals surface area contributed by atoms with Crippen molar-refractivity contribution < 1.29 is 28.6 Å². The first-order chi connectivity index (χ1) is 21.2. The highest BCUT2D eigenvalue weighted by molar-refractivity contribution is 5.96. The van der Waals surface area contributed by atoms with Gasteiger partial charge in [-0.25, -0.2) is 19.2 Å². The van der Waals surface area contributed by atoms with Crippen LogP contribution in [0.25, 0.3) is 16.9 Å². The van der Waals surface area contributed by atoms with E-state index in [0.29, 0.717) is 60.2 Å². The first-order valence-electron chi connectivity index (χ1n) is 14.0. The second-order valence-corrected chi connectivity index (χ2v) is 10.5. The number of carbonyl (C=O) groups excluding carboxylic acids is 2. The zero-order valence-corrected chi connectivity index (χ0v) is 24.1. The highest BCUT2D eigenvalue weighted by Gasteiger charge is 2.35. The maximum absolute atomic E-state index is 14.4. The van der Waals surface area contributed by atoms with Gasteiger partial charge < -0.3 is 25.0 Å². The van der Waals surface area contributed by atoms with Gasteiger partial charge >= 0.3 is 6.09 Å². The van der Waals surface area contributed by atoms with Gasteiger partial charge in [-0.05, 0) is 48.9 Å². The molecular weight excluding hydrogens is 569 g/mol. The molecule has 0 saturated carbocycles. The zero-order chi connectivity index (χ0) is 31.0. The highest BCUT2D eigenvalue weighted by Crippen LogP contribution is 2.29. The predicted molar refractivity (Wildman–Crippen MR) is 160 cm³/mol. The Labute approximate surface area is 252 Å². The molecule has 1 atom stereocenters. The number of piperazine rings is 1. The lowest BCUT2D eigenvalue weighted by Gasteiger charge is -2.37. The minimum Gasteiger partial charge on any atom is -0.494 e. The number of hydrogen-bond donors (Lipinski definition) is 2. The Hall–Kier alpha value is -5.46. The van der Waals surface area contributed by atoms with Crippen molar-refractivity contribution in [3.05, 3.63) is 84.1 Å². The van der Waals surface area contributed by atoms with Gasteiger partial charge in [0.25, 0.3) is 5.91 Å². The van der Waals surface area contributed by atoms with E-state index in [9.17, 15) is 23.9 Å². The van der Waals surface area contributed by atoms with Crippen LogP contribution in [0, 0.1) is 12.7 Å². The number of amides is 3. The predicted octanol–water partition coefficient (Wildman–Crippen LogP) is 3.80. The van der Waals surface area contributed by atoms with Crippen LogP contribution in [0.15, 0.2) is 67.1 Å². The van der Waals surface area contributed by atoms with E-state index in [0.717, 1.165) is 10.5 Å². The van der Waals surface area contributed by atoms with Crippen LogP contribution >= 0.6 is 0 Å². The molecule has 4 heterocycles. The fourth-order valence-corrected chi connectivity index (χ4v) is 5.59. The molecule has 1 saturated heterocycles. The van der Waals surface area contributed by atoms with E-state index < -0.39 is 18.0 Å². The van der Waals surface area contributed by atoms with Gasteiger partial charge in [-0.2, -0.15) is 0 Å². The van der Waals surface area contributed by atoms with Crippen molar-refractivity contribution in [3.8, 4) is 17.0 Å². The summed E-state index contributed by atoms with van der Waals surface area (Å²) < 4.78 is 21.2. The number of aromatic nitrogens is 3. The van der Waals surface area contributed by atoms with Crippen LogP contribution in [-0.2, 0) is 4.79 Å². The molecule has 1 fully saturated rings. The molecule has 0 bridgehead atoms. The molecule has 13 heteroatoms. The smallest absolute Gasteiger partial charge is 0.408 e. The Kier molecular flexibility index (Phi) is 7.60.